The lowest BCUT2D eigenvalue weighted by molar-refractivity contribution is -0.115. The summed E-state index contributed by atoms with van der Waals surface area (Å²) in [6.07, 6.45) is 0.843. The van der Waals surface area contributed by atoms with Crippen molar-refractivity contribution >= 4 is 27.3 Å². The second-order valence-corrected chi connectivity index (χ2v) is 8.50. The molecule has 2 aromatic carbocycles. The maximum Gasteiger partial charge on any atom is 0.235 e. The van der Waals surface area contributed by atoms with E-state index in [-0.39, 0.29) is 18.1 Å². The van der Waals surface area contributed by atoms with Gasteiger partial charge in [-0.1, -0.05) is 6.07 Å². The molecule has 1 fully saturated rings. The third-order valence-corrected chi connectivity index (χ3v) is 6.38. The van der Waals surface area contributed by atoms with Crippen LogP contribution in [0.4, 0.5) is 11.4 Å². The monoisotopic (exact) mass is 388 g/mol. The minimum Gasteiger partial charge on any atom is -0.486 e. The number of nitrogens with zero attached hydrogens (tertiary/aromatic N) is 1. The van der Waals surface area contributed by atoms with E-state index in [0.717, 1.165) is 5.56 Å². The van der Waals surface area contributed by atoms with E-state index >= 15 is 0 Å². The SMILES string of the molecule is O=C(Cc1ccc2c(c1)OCCO2)Nc1ccc(N2CCCS2(=O)=O)cc1. The van der Waals surface area contributed by atoms with E-state index in [1.165, 1.54) is 4.31 Å². The summed E-state index contributed by atoms with van der Waals surface area (Å²) in [5.41, 5.74) is 2.08. The van der Waals surface area contributed by atoms with Gasteiger partial charge in [0.15, 0.2) is 11.5 Å². The molecule has 27 heavy (non-hydrogen) atoms. The molecule has 0 aromatic heterocycles. The summed E-state index contributed by atoms with van der Waals surface area (Å²) in [6, 6.07) is 12.3. The molecule has 1 amide bonds. The van der Waals surface area contributed by atoms with Crippen molar-refractivity contribution in [3.8, 4) is 11.5 Å². The summed E-state index contributed by atoms with van der Waals surface area (Å²) in [5.74, 6) is 1.37. The number of fused-ring (bicyclic) bond motifs is 1. The number of benzene rings is 2. The molecule has 0 unspecified atom stereocenters. The Morgan fingerprint density at radius 1 is 1.04 bits per heavy atom. The second-order valence-electron chi connectivity index (χ2n) is 6.49. The largest absolute Gasteiger partial charge is 0.486 e. The van der Waals surface area contributed by atoms with E-state index in [2.05, 4.69) is 5.32 Å². The number of amides is 1. The van der Waals surface area contributed by atoms with Crippen molar-refractivity contribution in [2.75, 3.05) is 35.1 Å². The van der Waals surface area contributed by atoms with Gasteiger partial charge >= 0.3 is 0 Å². The van der Waals surface area contributed by atoms with E-state index in [9.17, 15) is 13.2 Å². The number of hydrogen-bond acceptors (Lipinski definition) is 5. The van der Waals surface area contributed by atoms with E-state index in [1.807, 2.05) is 18.2 Å². The molecule has 0 bridgehead atoms. The Hall–Kier alpha value is -2.74. The highest BCUT2D eigenvalue weighted by Crippen LogP contribution is 2.31. The van der Waals surface area contributed by atoms with Crippen LogP contribution in [0.5, 0.6) is 11.5 Å². The van der Waals surface area contributed by atoms with E-state index < -0.39 is 10.0 Å². The van der Waals surface area contributed by atoms with Crippen molar-refractivity contribution in [3.05, 3.63) is 48.0 Å². The maximum atomic E-state index is 12.3. The fourth-order valence-electron chi connectivity index (χ4n) is 3.23. The molecule has 142 valence electrons. The molecule has 8 heteroatoms. The Morgan fingerprint density at radius 3 is 2.48 bits per heavy atom. The van der Waals surface area contributed by atoms with Crippen LogP contribution in [-0.4, -0.2) is 39.8 Å². The highest BCUT2D eigenvalue weighted by molar-refractivity contribution is 7.93. The Morgan fingerprint density at radius 2 is 1.78 bits per heavy atom. The Balaban J connectivity index is 1.40. The third-order valence-electron chi connectivity index (χ3n) is 4.51. The van der Waals surface area contributed by atoms with E-state index in [4.69, 9.17) is 9.47 Å². The number of carbonyl (C=O) groups excluding carboxylic acids is 1. The molecule has 0 radical (unpaired) electrons. The molecule has 1 saturated heterocycles. The van der Waals surface area contributed by atoms with Crippen molar-refractivity contribution in [2.24, 2.45) is 0 Å². The number of sulfonamides is 1. The molecule has 2 aliphatic heterocycles. The molecule has 2 aliphatic rings. The molecule has 4 rings (SSSR count). The molecule has 0 aliphatic carbocycles. The molecule has 0 spiro atoms. The zero-order chi connectivity index (χ0) is 18.9. The van der Waals surface area contributed by atoms with Crippen molar-refractivity contribution < 1.29 is 22.7 Å². The molecule has 7 nitrogen and oxygen atoms in total. The molecule has 2 heterocycles. The summed E-state index contributed by atoms with van der Waals surface area (Å²) in [7, 11) is -3.20. The van der Waals surface area contributed by atoms with Crippen LogP contribution >= 0.6 is 0 Å². The number of nitrogens with one attached hydrogen (secondary N) is 1. The van der Waals surface area contributed by atoms with Crippen molar-refractivity contribution in [1.29, 1.82) is 0 Å². The van der Waals surface area contributed by atoms with Crippen LogP contribution in [0.1, 0.15) is 12.0 Å². The first kappa shape index (κ1) is 17.7. The lowest BCUT2D eigenvalue weighted by Crippen LogP contribution is -2.25. The topological polar surface area (TPSA) is 84.9 Å². The summed E-state index contributed by atoms with van der Waals surface area (Å²) >= 11 is 0. The van der Waals surface area contributed by atoms with Crippen molar-refractivity contribution in [2.45, 2.75) is 12.8 Å². The summed E-state index contributed by atoms with van der Waals surface area (Å²) in [6.45, 7) is 1.53. The van der Waals surface area contributed by atoms with Gasteiger partial charge in [-0.3, -0.25) is 9.10 Å². The van der Waals surface area contributed by atoms with Crippen LogP contribution < -0.4 is 19.1 Å². The number of anilines is 2. The van der Waals surface area contributed by atoms with Crippen LogP contribution in [0, 0.1) is 0 Å². The van der Waals surface area contributed by atoms with Crippen LogP contribution in [0.25, 0.3) is 0 Å². The quantitative estimate of drug-likeness (QED) is 0.868. The van der Waals surface area contributed by atoms with Gasteiger partial charge < -0.3 is 14.8 Å². The Kier molecular flexibility index (Phi) is 4.65. The van der Waals surface area contributed by atoms with Gasteiger partial charge in [0.2, 0.25) is 15.9 Å². The van der Waals surface area contributed by atoms with E-state index in [0.29, 0.717) is 49.1 Å². The lowest BCUT2D eigenvalue weighted by Gasteiger charge is -2.19. The number of ether oxygens (including phenoxy) is 2. The zero-order valence-corrected chi connectivity index (χ0v) is 15.5. The molecule has 2 aromatic rings. The van der Waals surface area contributed by atoms with E-state index in [1.54, 1.807) is 24.3 Å². The predicted molar refractivity (Wildman–Crippen MR) is 102 cm³/mol. The van der Waals surface area contributed by atoms with Gasteiger partial charge in [-0.25, -0.2) is 8.42 Å². The number of rotatable bonds is 4. The second kappa shape index (κ2) is 7.11. The van der Waals surface area contributed by atoms with Crippen LogP contribution in [0.3, 0.4) is 0 Å². The van der Waals surface area contributed by atoms with Gasteiger partial charge in [-0.15, -0.1) is 0 Å². The highest BCUT2D eigenvalue weighted by atomic mass is 32.2. The summed E-state index contributed by atoms with van der Waals surface area (Å²) in [4.78, 5) is 12.3. The van der Waals surface area contributed by atoms with Crippen LogP contribution in [0.15, 0.2) is 42.5 Å². The fraction of sp³-hybridized carbons (Fsp3) is 0.316. The Bertz CT molecular complexity index is 957. The van der Waals surface area contributed by atoms with Gasteiger partial charge in [-0.05, 0) is 48.4 Å². The van der Waals surface area contributed by atoms with Gasteiger partial charge in [-0.2, -0.15) is 0 Å². The van der Waals surface area contributed by atoms with Gasteiger partial charge in [0.1, 0.15) is 13.2 Å². The zero-order valence-electron chi connectivity index (χ0n) is 14.7. The minimum atomic E-state index is -3.20. The normalized spacial score (nSPS) is 17.6. The Labute approximate surface area is 157 Å². The minimum absolute atomic E-state index is 0.159. The summed E-state index contributed by atoms with van der Waals surface area (Å²) in [5, 5.41) is 2.83. The molecule has 0 atom stereocenters. The average Bonchev–Trinajstić information content (AvgIpc) is 3.01. The molecule has 1 N–H and O–H groups in total. The van der Waals surface area contributed by atoms with Gasteiger partial charge in [0.25, 0.3) is 0 Å². The summed E-state index contributed by atoms with van der Waals surface area (Å²) < 4.78 is 36.4. The van der Waals surface area contributed by atoms with Gasteiger partial charge in [0.05, 0.1) is 17.9 Å². The maximum absolute atomic E-state index is 12.3. The first-order chi connectivity index (χ1) is 13.0. The first-order valence-corrected chi connectivity index (χ1v) is 10.4. The third kappa shape index (κ3) is 3.85. The predicted octanol–water partition coefficient (Wildman–Crippen LogP) is 2.18. The standard InChI is InChI=1S/C19H20N2O5S/c22-19(13-14-2-7-17-18(12-14)26-10-9-25-17)20-15-3-5-16(6-4-15)21-8-1-11-27(21,23)24/h2-7,12H,1,8-11,13H2,(H,20,22). The fourth-order valence-corrected chi connectivity index (χ4v) is 4.79. The van der Waals surface area contributed by atoms with Crippen LogP contribution in [-0.2, 0) is 21.2 Å². The van der Waals surface area contributed by atoms with Crippen molar-refractivity contribution in [3.63, 3.8) is 0 Å². The van der Waals surface area contributed by atoms with Gasteiger partial charge in [0, 0.05) is 12.2 Å². The molecule has 0 saturated carbocycles. The lowest BCUT2D eigenvalue weighted by atomic mass is 10.1. The molecular formula is C19H20N2O5S. The van der Waals surface area contributed by atoms with Crippen LogP contribution in [0.2, 0.25) is 0 Å². The number of hydrogen-bond donors (Lipinski definition) is 1. The smallest absolute Gasteiger partial charge is 0.235 e. The average molecular weight is 388 g/mol. The number of carbonyl (C=O) groups is 1. The van der Waals surface area contributed by atoms with Crippen molar-refractivity contribution in [1.82, 2.24) is 0 Å². The highest BCUT2D eigenvalue weighted by Gasteiger charge is 2.28. The molecular weight excluding hydrogens is 368 g/mol. The first-order valence-electron chi connectivity index (χ1n) is 8.80.